The van der Waals surface area contributed by atoms with Crippen molar-refractivity contribution < 1.29 is 14.8 Å². The second kappa shape index (κ2) is 4.97. The normalized spacial score (nSPS) is 19.2. The average Bonchev–Trinajstić information content (AvgIpc) is 2.65. The first-order valence-electron chi connectivity index (χ1n) is 5.55. The summed E-state index contributed by atoms with van der Waals surface area (Å²) in [5, 5.41) is 18.7. The van der Waals surface area contributed by atoms with Crippen LogP contribution in [0.25, 0.3) is 0 Å². The van der Waals surface area contributed by atoms with Crippen molar-refractivity contribution in [2.24, 2.45) is 0 Å². The smallest absolute Gasteiger partial charge is 0.423 e. The van der Waals surface area contributed by atoms with E-state index in [-0.39, 0.29) is 12.8 Å². The lowest BCUT2D eigenvalue weighted by molar-refractivity contribution is 0.0134. The number of aliphatic hydroxyl groups is 1. The zero-order valence-electron chi connectivity index (χ0n) is 9.34. The van der Waals surface area contributed by atoms with Crippen molar-refractivity contribution in [2.45, 2.75) is 13.2 Å². The monoisotopic (exact) mass is 221 g/mol. The zero-order valence-corrected chi connectivity index (χ0v) is 9.34. The van der Waals surface area contributed by atoms with Crippen LogP contribution in [0.4, 0.5) is 0 Å². The van der Waals surface area contributed by atoms with Gasteiger partial charge in [-0.3, -0.25) is 4.90 Å². The van der Waals surface area contributed by atoms with Crippen LogP contribution in [0.5, 0.6) is 0 Å². The first-order valence-corrected chi connectivity index (χ1v) is 5.55. The molecular formula is C11H16BNO3. The lowest BCUT2D eigenvalue weighted by atomic mass is 9.79. The molecule has 0 radical (unpaired) electrons. The molecule has 0 saturated heterocycles. The van der Waals surface area contributed by atoms with Crippen LogP contribution < -0.4 is 5.46 Å². The Morgan fingerprint density at radius 1 is 1.44 bits per heavy atom. The standard InChI is InChI=1S/C11H16BNO3/c1-2-13(7-8-14)11-9-5-3-4-6-10(9)12(15)16-11/h3-6,11,14-15H,2,7-8H2,1H3. The van der Waals surface area contributed by atoms with Crippen molar-refractivity contribution in [1.29, 1.82) is 0 Å². The van der Waals surface area contributed by atoms with Gasteiger partial charge in [0.1, 0.15) is 6.23 Å². The third kappa shape index (κ3) is 1.99. The quantitative estimate of drug-likeness (QED) is 0.686. The number of likely N-dealkylation sites (N-methyl/N-ethyl adjacent to an activating group) is 1. The van der Waals surface area contributed by atoms with E-state index in [0.717, 1.165) is 17.6 Å². The summed E-state index contributed by atoms with van der Waals surface area (Å²) in [6.07, 6.45) is -0.247. The number of hydrogen-bond acceptors (Lipinski definition) is 4. The summed E-state index contributed by atoms with van der Waals surface area (Å²) in [6, 6.07) is 7.64. The lowest BCUT2D eigenvalue weighted by Gasteiger charge is -2.27. The summed E-state index contributed by atoms with van der Waals surface area (Å²) in [5.74, 6) is 0. The minimum Gasteiger partial charge on any atom is -0.423 e. The summed E-state index contributed by atoms with van der Waals surface area (Å²) in [7, 11) is -0.853. The highest BCUT2D eigenvalue weighted by molar-refractivity contribution is 6.61. The summed E-state index contributed by atoms with van der Waals surface area (Å²) in [4.78, 5) is 2.00. The molecule has 0 bridgehead atoms. The van der Waals surface area contributed by atoms with Crippen LogP contribution in [0.3, 0.4) is 0 Å². The summed E-state index contributed by atoms with van der Waals surface area (Å²) in [6.45, 7) is 3.41. The molecule has 1 unspecified atom stereocenters. The van der Waals surface area contributed by atoms with E-state index in [1.165, 1.54) is 0 Å². The molecule has 1 aliphatic rings. The number of rotatable bonds is 4. The summed E-state index contributed by atoms with van der Waals surface area (Å²) >= 11 is 0. The minimum absolute atomic E-state index is 0.0892. The van der Waals surface area contributed by atoms with Gasteiger partial charge in [0, 0.05) is 6.54 Å². The molecule has 2 N–H and O–H groups in total. The fourth-order valence-corrected chi connectivity index (χ4v) is 2.08. The minimum atomic E-state index is -0.853. The highest BCUT2D eigenvalue weighted by atomic mass is 16.5. The molecule has 0 spiro atoms. The number of benzene rings is 1. The van der Waals surface area contributed by atoms with E-state index in [2.05, 4.69) is 0 Å². The molecule has 0 amide bonds. The molecule has 1 atom stereocenters. The number of hydrogen-bond donors (Lipinski definition) is 2. The molecule has 0 saturated carbocycles. The Labute approximate surface area is 95.6 Å². The predicted octanol–water partition coefficient (Wildman–Crippen LogP) is -0.283. The fourth-order valence-electron chi connectivity index (χ4n) is 2.08. The summed E-state index contributed by atoms with van der Waals surface area (Å²) in [5.41, 5.74) is 1.81. The zero-order chi connectivity index (χ0) is 11.5. The lowest BCUT2D eigenvalue weighted by Crippen LogP contribution is -2.32. The molecule has 2 rings (SSSR count). The van der Waals surface area contributed by atoms with Crippen LogP contribution in [0.15, 0.2) is 24.3 Å². The van der Waals surface area contributed by atoms with E-state index in [1.807, 2.05) is 36.1 Å². The van der Waals surface area contributed by atoms with Crippen LogP contribution >= 0.6 is 0 Å². The molecule has 4 nitrogen and oxygen atoms in total. The van der Waals surface area contributed by atoms with Gasteiger partial charge >= 0.3 is 7.12 Å². The van der Waals surface area contributed by atoms with Crippen molar-refractivity contribution >= 4 is 12.6 Å². The Kier molecular flexibility index (Phi) is 3.61. The van der Waals surface area contributed by atoms with Crippen molar-refractivity contribution in [3.05, 3.63) is 29.8 Å². The number of fused-ring (bicyclic) bond motifs is 1. The SMILES string of the molecule is CCN(CCO)C1OB(O)c2ccccc21. The van der Waals surface area contributed by atoms with Gasteiger partial charge in [-0.2, -0.15) is 0 Å². The molecule has 1 aromatic rings. The number of aliphatic hydroxyl groups excluding tert-OH is 1. The van der Waals surface area contributed by atoms with Crippen molar-refractivity contribution in [3.63, 3.8) is 0 Å². The molecular weight excluding hydrogens is 205 g/mol. The van der Waals surface area contributed by atoms with Crippen LogP contribution in [-0.4, -0.2) is 41.8 Å². The second-order valence-electron chi connectivity index (χ2n) is 3.82. The van der Waals surface area contributed by atoms with Crippen LogP contribution in [-0.2, 0) is 4.65 Å². The maximum absolute atomic E-state index is 9.75. The van der Waals surface area contributed by atoms with E-state index in [9.17, 15) is 5.02 Å². The summed E-state index contributed by atoms with van der Waals surface area (Å²) < 4.78 is 5.51. The average molecular weight is 221 g/mol. The maximum atomic E-state index is 9.75. The molecule has 1 aliphatic heterocycles. The Morgan fingerprint density at radius 3 is 2.88 bits per heavy atom. The van der Waals surface area contributed by atoms with Crippen LogP contribution in [0.2, 0.25) is 0 Å². The van der Waals surface area contributed by atoms with Gasteiger partial charge in [0.2, 0.25) is 0 Å². The first kappa shape index (κ1) is 11.6. The molecule has 1 heterocycles. The van der Waals surface area contributed by atoms with Crippen LogP contribution in [0, 0.1) is 0 Å². The van der Waals surface area contributed by atoms with Gasteiger partial charge in [0.05, 0.1) is 6.61 Å². The Bertz CT molecular complexity index is 361. The Balaban J connectivity index is 2.25. The van der Waals surface area contributed by atoms with Crippen LogP contribution in [0.1, 0.15) is 18.7 Å². The van der Waals surface area contributed by atoms with Gasteiger partial charge in [-0.1, -0.05) is 31.2 Å². The fraction of sp³-hybridized carbons (Fsp3) is 0.455. The molecule has 0 fully saturated rings. The topological polar surface area (TPSA) is 52.9 Å². The van der Waals surface area contributed by atoms with Gasteiger partial charge in [0.25, 0.3) is 0 Å². The van der Waals surface area contributed by atoms with Gasteiger partial charge in [-0.15, -0.1) is 0 Å². The van der Waals surface area contributed by atoms with Crippen molar-refractivity contribution in [3.8, 4) is 0 Å². The van der Waals surface area contributed by atoms with E-state index in [0.29, 0.717) is 6.54 Å². The van der Waals surface area contributed by atoms with E-state index in [4.69, 9.17) is 9.76 Å². The largest absolute Gasteiger partial charge is 0.492 e. The molecule has 16 heavy (non-hydrogen) atoms. The Morgan fingerprint density at radius 2 is 2.19 bits per heavy atom. The second-order valence-corrected chi connectivity index (χ2v) is 3.82. The van der Waals surface area contributed by atoms with E-state index >= 15 is 0 Å². The van der Waals surface area contributed by atoms with E-state index < -0.39 is 7.12 Å². The molecule has 0 aromatic heterocycles. The molecule has 0 aliphatic carbocycles. The van der Waals surface area contributed by atoms with Gasteiger partial charge < -0.3 is 14.8 Å². The maximum Gasteiger partial charge on any atom is 0.492 e. The van der Waals surface area contributed by atoms with E-state index in [1.54, 1.807) is 0 Å². The van der Waals surface area contributed by atoms with Crippen molar-refractivity contribution in [1.82, 2.24) is 4.90 Å². The number of nitrogens with zero attached hydrogens (tertiary/aromatic N) is 1. The van der Waals surface area contributed by atoms with Gasteiger partial charge in [-0.05, 0) is 17.6 Å². The highest BCUT2D eigenvalue weighted by Crippen LogP contribution is 2.26. The van der Waals surface area contributed by atoms with Gasteiger partial charge in [0.15, 0.2) is 0 Å². The molecule has 86 valence electrons. The predicted molar refractivity (Wildman–Crippen MR) is 62.2 cm³/mol. The Hall–Kier alpha value is -0.875. The van der Waals surface area contributed by atoms with Gasteiger partial charge in [-0.25, -0.2) is 0 Å². The van der Waals surface area contributed by atoms with Crippen molar-refractivity contribution in [2.75, 3.05) is 19.7 Å². The molecule has 5 heteroatoms. The highest BCUT2D eigenvalue weighted by Gasteiger charge is 2.37. The third-order valence-electron chi connectivity index (χ3n) is 2.91. The molecule has 1 aromatic carbocycles. The first-order chi connectivity index (χ1) is 7.77. The third-order valence-corrected chi connectivity index (χ3v) is 2.91.